The van der Waals surface area contributed by atoms with Crippen molar-refractivity contribution in [3.63, 3.8) is 0 Å². The number of nitrogens with zero attached hydrogens (tertiary/aromatic N) is 2. The van der Waals surface area contributed by atoms with Crippen LogP contribution >= 0.6 is 11.6 Å². The Morgan fingerprint density at radius 2 is 2.16 bits per heavy atom. The number of benzene rings is 1. The zero-order valence-corrected chi connectivity index (χ0v) is 11.8. The molecule has 0 aliphatic heterocycles. The molecular formula is C14H15ClN2O2. The lowest BCUT2D eigenvalue weighted by Gasteiger charge is -2.25. The molecule has 0 atom stereocenters. The van der Waals surface area contributed by atoms with E-state index >= 15 is 0 Å². The van der Waals surface area contributed by atoms with E-state index in [0.29, 0.717) is 10.8 Å². The van der Waals surface area contributed by atoms with Crippen molar-refractivity contribution in [1.82, 2.24) is 9.55 Å². The Kier molecular flexibility index (Phi) is 3.62. The zero-order valence-electron chi connectivity index (χ0n) is 11.1. The van der Waals surface area contributed by atoms with Gasteiger partial charge in [-0.1, -0.05) is 11.6 Å². The molecule has 1 aromatic carbocycles. The van der Waals surface area contributed by atoms with Crippen molar-refractivity contribution in [3.05, 3.63) is 47.5 Å². The average Bonchev–Trinajstić information content (AvgIpc) is 2.85. The smallest absolute Gasteiger partial charge is 0.275 e. The number of rotatable bonds is 3. The highest BCUT2D eigenvalue weighted by Crippen LogP contribution is 2.26. The summed E-state index contributed by atoms with van der Waals surface area (Å²) in [6, 6.07) is 5.30. The topological polar surface area (TPSA) is 44.1 Å². The number of carbonyl (C=O) groups excluding carboxylic acids is 1. The van der Waals surface area contributed by atoms with E-state index in [1.165, 1.54) is 10.9 Å². The number of imidazole rings is 1. The second-order valence-corrected chi connectivity index (χ2v) is 5.23. The summed E-state index contributed by atoms with van der Waals surface area (Å²) >= 11 is 5.90. The lowest BCUT2D eigenvalue weighted by molar-refractivity contribution is 0.0485. The van der Waals surface area contributed by atoms with Crippen molar-refractivity contribution < 1.29 is 9.53 Å². The largest absolute Gasteiger partial charge is 0.478 e. The van der Waals surface area contributed by atoms with Crippen LogP contribution in [0.15, 0.2) is 36.9 Å². The van der Waals surface area contributed by atoms with Crippen LogP contribution in [-0.2, 0) is 0 Å². The van der Waals surface area contributed by atoms with E-state index in [4.69, 9.17) is 16.3 Å². The van der Waals surface area contributed by atoms with Gasteiger partial charge in [-0.3, -0.25) is 9.36 Å². The maximum atomic E-state index is 12.3. The second-order valence-electron chi connectivity index (χ2n) is 4.80. The van der Waals surface area contributed by atoms with Crippen LogP contribution in [0.25, 0.3) is 0 Å². The van der Waals surface area contributed by atoms with Gasteiger partial charge in [0.25, 0.3) is 5.91 Å². The molecule has 0 amide bonds. The van der Waals surface area contributed by atoms with E-state index in [2.05, 4.69) is 4.98 Å². The lowest BCUT2D eigenvalue weighted by atomic mass is 10.1. The van der Waals surface area contributed by atoms with Crippen LogP contribution in [0.3, 0.4) is 0 Å². The zero-order chi connectivity index (χ0) is 14.0. The number of ether oxygens (including phenoxy) is 1. The van der Waals surface area contributed by atoms with Gasteiger partial charge in [0.05, 0.1) is 0 Å². The van der Waals surface area contributed by atoms with Crippen molar-refractivity contribution in [2.24, 2.45) is 0 Å². The van der Waals surface area contributed by atoms with Crippen LogP contribution in [0.1, 0.15) is 24.2 Å². The molecule has 0 bridgehead atoms. The van der Waals surface area contributed by atoms with Gasteiger partial charge >= 0.3 is 0 Å². The standard InChI is InChI=1S/C14H15ClN2O2/c1-10-8-11(15)4-5-12(10)19-14(2,3)13(18)17-7-6-16-9-17/h4-9H,1-3H3. The molecule has 4 nitrogen and oxygen atoms in total. The van der Waals surface area contributed by atoms with Crippen LogP contribution in [0.5, 0.6) is 5.75 Å². The fourth-order valence-electron chi connectivity index (χ4n) is 1.74. The molecule has 0 aliphatic rings. The highest BCUT2D eigenvalue weighted by molar-refractivity contribution is 6.30. The summed E-state index contributed by atoms with van der Waals surface area (Å²) in [7, 11) is 0. The average molecular weight is 279 g/mol. The predicted molar refractivity (Wildman–Crippen MR) is 73.7 cm³/mol. The Balaban J connectivity index is 2.23. The molecular weight excluding hydrogens is 264 g/mol. The number of halogens is 1. The van der Waals surface area contributed by atoms with Gasteiger partial charge in [0, 0.05) is 17.4 Å². The van der Waals surface area contributed by atoms with Gasteiger partial charge in [0.15, 0.2) is 5.60 Å². The third-order valence-electron chi connectivity index (χ3n) is 2.76. The quantitative estimate of drug-likeness (QED) is 0.865. The van der Waals surface area contributed by atoms with Gasteiger partial charge in [-0.15, -0.1) is 0 Å². The first-order valence-electron chi connectivity index (χ1n) is 5.88. The first kappa shape index (κ1) is 13.6. The number of carbonyl (C=O) groups is 1. The molecule has 0 aliphatic carbocycles. The minimum atomic E-state index is -0.987. The van der Waals surface area contributed by atoms with E-state index in [-0.39, 0.29) is 5.91 Å². The van der Waals surface area contributed by atoms with Crippen molar-refractivity contribution in [2.45, 2.75) is 26.4 Å². The van der Waals surface area contributed by atoms with Crippen molar-refractivity contribution in [3.8, 4) is 5.75 Å². The highest BCUT2D eigenvalue weighted by atomic mass is 35.5. The molecule has 0 fully saturated rings. The molecule has 0 saturated carbocycles. The number of aryl methyl sites for hydroxylation is 1. The summed E-state index contributed by atoms with van der Waals surface area (Å²) < 4.78 is 7.22. The third kappa shape index (κ3) is 2.96. The minimum absolute atomic E-state index is 0.181. The lowest BCUT2D eigenvalue weighted by Crippen LogP contribution is -2.41. The first-order valence-corrected chi connectivity index (χ1v) is 6.26. The van der Waals surface area contributed by atoms with Crippen molar-refractivity contribution >= 4 is 17.5 Å². The van der Waals surface area contributed by atoms with Crippen LogP contribution in [0.4, 0.5) is 0 Å². The molecule has 0 radical (unpaired) electrons. The Labute approximate surface area is 117 Å². The molecule has 0 unspecified atom stereocenters. The van der Waals surface area contributed by atoms with Crippen LogP contribution in [0.2, 0.25) is 5.02 Å². The van der Waals surface area contributed by atoms with Gasteiger partial charge in [-0.25, -0.2) is 4.98 Å². The summed E-state index contributed by atoms with van der Waals surface area (Å²) in [6.07, 6.45) is 4.62. The fourth-order valence-corrected chi connectivity index (χ4v) is 1.96. The molecule has 1 heterocycles. The molecule has 0 spiro atoms. The summed E-state index contributed by atoms with van der Waals surface area (Å²) in [5.74, 6) is 0.460. The molecule has 0 saturated heterocycles. The fraction of sp³-hybridized carbons (Fsp3) is 0.286. The van der Waals surface area contributed by atoms with Crippen LogP contribution in [0, 0.1) is 6.92 Å². The molecule has 1 aromatic heterocycles. The number of hydrogen-bond acceptors (Lipinski definition) is 3. The Morgan fingerprint density at radius 3 is 2.74 bits per heavy atom. The monoisotopic (exact) mass is 278 g/mol. The molecule has 19 heavy (non-hydrogen) atoms. The van der Waals surface area contributed by atoms with E-state index in [1.54, 1.807) is 44.4 Å². The van der Waals surface area contributed by atoms with Gasteiger partial charge < -0.3 is 4.74 Å². The molecule has 2 aromatic rings. The third-order valence-corrected chi connectivity index (χ3v) is 2.99. The van der Waals surface area contributed by atoms with E-state index in [1.807, 2.05) is 6.92 Å². The minimum Gasteiger partial charge on any atom is -0.478 e. The van der Waals surface area contributed by atoms with Crippen LogP contribution < -0.4 is 4.74 Å². The molecule has 5 heteroatoms. The predicted octanol–water partition coefficient (Wildman–Crippen LogP) is 3.34. The molecule has 100 valence electrons. The van der Waals surface area contributed by atoms with Crippen molar-refractivity contribution in [1.29, 1.82) is 0 Å². The van der Waals surface area contributed by atoms with Gasteiger partial charge in [-0.2, -0.15) is 0 Å². The van der Waals surface area contributed by atoms with Gasteiger partial charge in [-0.05, 0) is 44.5 Å². The second kappa shape index (κ2) is 5.05. The summed E-state index contributed by atoms with van der Waals surface area (Å²) in [5, 5.41) is 0.642. The summed E-state index contributed by atoms with van der Waals surface area (Å²) in [4.78, 5) is 16.1. The number of hydrogen-bond donors (Lipinski definition) is 0. The maximum absolute atomic E-state index is 12.3. The normalized spacial score (nSPS) is 11.4. The Hall–Kier alpha value is -1.81. The first-order chi connectivity index (χ1) is 8.90. The summed E-state index contributed by atoms with van der Waals surface area (Å²) in [5.41, 5.74) is -0.0988. The van der Waals surface area contributed by atoms with Gasteiger partial charge in [0.2, 0.25) is 0 Å². The van der Waals surface area contributed by atoms with Crippen molar-refractivity contribution in [2.75, 3.05) is 0 Å². The molecule has 2 rings (SSSR count). The van der Waals surface area contributed by atoms with E-state index < -0.39 is 5.60 Å². The van der Waals surface area contributed by atoms with E-state index in [9.17, 15) is 4.79 Å². The highest BCUT2D eigenvalue weighted by Gasteiger charge is 2.31. The van der Waals surface area contributed by atoms with Gasteiger partial charge in [0.1, 0.15) is 12.1 Å². The summed E-state index contributed by atoms with van der Waals surface area (Å²) in [6.45, 7) is 5.34. The maximum Gasteiger partial charge on any atom is 0.275 e. The number of aromatic nitrogens is 2. The Bertz CT molecular complexity index is 591. The SMILES string of the molecule is Cc1cc(Cl)ccc1OC(C)(C)C(=O)n1ccnc1. The molecule has 0 N–H and O–H groups in total. The van der Waals surface area contributed by atoms with E-state index in [0.717, 1.165) is 5.56 Å². The van der Waals surface area contributed by atoms with Crippen LogP contribution in [-0.4, -0.2) is 21.1 Å². The Morgan fingerprint density at radius 1 is 1.42 bits per heavy atom.